The number of hydrogen-bond donors (Lipinski definition) is 0. The quantitative estimate of drug-likeness (QED) is 0.824. The van der Waals surface area contributed by atoms with Crippen LogP contribution in [0.3, 0.4) is 0 Å². The van der Waals surface area contributed by atoms with E-state index in [4.69, 9.17) is 5.26 Å². The first-order valence-corrected chi connectivity index (χ1v) is 7.56. The molecule has 1 aromatic rings. The van der Waals surface area contributed by atoms with Gasteiger partial charge in [0.2, 0.25) is 10.0 Å². The highest BCUT2D eigenvalue weighted by Gasteiger charge is 2.33. The van der Waals surface area contributed by atoms with Crippen LogP contribution < -0.4 is 0 Å². The summed E-state index contributed by atoms with van der Waals surface area (Å²) in [6.45, 7) is 1.04. The molecule has 0 N–H and O–H groups in total. The van der Waals surface area contributed by atoms with Crippen molar-refractivity contribution in [2.45, 2.75) is 17.4 Å². The third kappa shape index (κ3) is 2.78. The predicted molar refractivity (Wildman–Crippen MR) is 72.0 cm³/mol. The molecule has 1 fully saturated rings. The molecular formula is C13H17N3O2S. The second-order valence-corrected chi connectivity index (χ2v) is 6.85. The molecule has 0 spiro atoms. The standard InChI is InChI=1S/C13H17N3O2S/c1-15(2)12-6-7-16(10-12)19(17,18)13-5-3-4-11(8-13)9-14/h3-5,8,12H,6-7,10H2,1-2H3. The second-order valence-electron chi connectivity index (χ2n) is 4.91. The lowest BCUT2D eigenvalue weighted by molar-refractivity contribution is 0.302. The van der Waals surface area contributed by atoms with E-state index >= 15 is 0 Å². The minimum Gasteiger partial charge on any atom is -0.305 e. The maximum atomic E-state index is 12.5. The Morgan fingerprint density at radius 1 is 1.42 bits per heavy atom. The number of sulfonamides is 1. The summed E-state index contributed by atoms with van der Waals surface area (Å²) < 4.78 is 26.4. The highest BCUT2D eigenvalue weighted by molar-refractivity contribution is 7.89. The summed E-state index contributed by atoms with van der Waals surface area (Å²) in [6, 6.07) is 8.40. The molecule has 0 saturated carbocycles. The van der Waals surface area contributed by atoms with E-state index < -0.39 is 10.0 Å². The Hall–Kier alpha value is -1.42. The molecule has 6 heteroatoms. The lowest BCUT2D eigenvalue weighted by Gasteiger charge is -2.20. The Morgan fingerprint density at radius 2 is 2.16 bits per heavy atom. The number of benzene rings is 1. The number of likely N-dealkylation sites (N-methyl/N-ethyl adjacent to an activating group) is 1. The summed E-state index contributed by atoms with van der Waals surface area (Å²) in [7, 11) is 0.429. The third-order valence-electron chi connectivity index (χ3n) is 3.46. The molecule has 102 valence electrons. The largest absolute Gasteiger partial charge is 0.305 e. The van der Waals surface area contributed by atoms with Crippen molar-refractivity contribution in [1.29, 1.82) is 5.26 Å². The summed E-state index contributed by atoms with van der Waals surface area (Å²) in [5.41, 5.74) is 0.365. The smallest absolute Gasteiger partial charge is 0.243 e. The fraction of sp³-hybridized carbons (Fsp3) is 0.462. The highest BCUT2D eigenvalue weighted by Crippen LogP contribution is 2.23. The average Bonchev–Trinajstić information content (AvgIpc) is 2.89. The molecular weight excluding hydrogens is 262 g/mol. The number of hydrogen-bond acceptors (Lipinski definition) is 4. The molecule has 0 radical (unpaired) electrons. The van der Waals surface area contributed by atoms with Crippen molar-refractivity contribution in [3.8, 4) is 6.07 Å². The normalized spacial score (nSPS) is 20.6. The maximum absolute atomic E-state index is 12.5. The van der Waals surface area contributed by atoms with Gasteiger partial charge in [-0.3, -0.25) is 0 Å². The monoisotopic (exact) mass is 279 g/mol. The van der Waals surface area contributed by atoms with Crippen LogP contribution in [0.25, 0.3) is 0 Å². The van der Waals surface area contributed by atoms with Crippen LogP contribution in [0, 0.1) is 11.3 Å². The highest BCUT2D eigenvalue weighted by atomic mass is 32.2. The molecule has 0 bridgehead atoms. The van der Waals surface area contributed by atoms with Gasteiger partial charge in [-0.25, -0.2) is 8.42 Å². The molecule has 1 saturated heterocycles. The molecule has 0 aliphatic carbocycles. The molecule has 1 aliphatic heterocycles. The Morgan fingerprint density at radius 3 is 2.74 bits per heavy atom. The van der Waals surface area contributed by atoms with E-state index in [1.807, 2.05) is 25.1 Å². The van der Waals surface area contributed by atoms with Gasteiger partial charge < -0.3 is 4.90 Å². The molecule has 0 amide bonds. The van der Waals surface area contributed by atoms with E-state index in [1.54, 1.807) is 18.2 Å². The molecule has 19 heavy (non-hydrogen) atoms. The summed E-state index contributed by atoms with van der Waals surface area (Å²) >= 11 is 0. The number of rotatable bonds is 3. The van der Waals surface area contributed by atoms with Crippen molar-refractivity contribution in [3.05, 3.63) is 29.8 Å². The molecule has 1 aromatic carbocycles. The van der Waals surface area contributed by atoms with E-state index in [0.717, 1.165) is 6.42 Å². The summed E-state index contributed by atoms with van der Waals surface area (Å²) in [5.74, 6) is 0. The van der Waals surface area contributed by atoms with Gasteiger partial charge in [0.05, 0.1) is 16.5 Å². The van der Waals surface area contributed by atoms with E-state index in [2.05, 4.69) is 0 Å². The Bertz CT molecular complexity index is 605. The molecule has 1 atom stereocenters. The van der Waals surface area contributed by atoms with Gasteiger partial charge in [-0.1, -0.05) is 6.07 Å². The minimum atomic E-state index is -3.48. The van der Waals surface area contributed by atoms with Gasteiger partial charge in [0.25, 0.3) is 0 Å². The van der Waals surface area contributed by atoms with E-state index in [1.165, 1.54) is 10.4 Å². The van der Waals surface area contributed by atoms with Gasteiger partial charge in [-0.2, -0.15) is 9.57 Å². The fourth-order valence-corrected chi connectivity index (χ4v) is 3.76. The number of nitrogens with zero attached hydrogens (tertiary/aromatic N) is 3. The van der Waals surface area contributed by atoms with Crippen molar-refractivity contribution in [3.63, 3.8) is 0 Å². The zero-order valence-corrected chi connectivity index (χ0v) is 11.9. The van der Waals surface area contributed by atoms with Gasteiger partial charge in [0, 0.05) is 19.1 Å². The van der Waals surface area contributed by atoms with Crippen molar-refractivity contribution in [1.82, 2.24) is 9.21 Å². The zero-order valence-electron chi connectivity index (χ0n) is 11.1. The van der Waals surface area contributed by atoms with Crippen molar-refractivity contribution >= 4 is 10.0 Å². The van der Waals surface area contributed by atoms with Gasteiger partial charge in [0.1, 0.15) is 0 Å². The number of nitriles is 1. The van der Waals surface area contributed by atoms with E-state index in [0.29, 0.717) is 18.7 Å². The van der Waals surface area contributed by atoms with Crippen molar-refractivity contribution in [2.24, 2.45) is 0 Å². The summed E-state index contributed by atoms with van der Waals surface area (Å²) in [4.78, 5) is 2.24. The van der Waals surface area contributed by atoms with E-state index in [9.17, 15) is 8.42 Å². The van der Waals surface area contributed by atoms with E-state index in [-0.39, 0.29) is 10.9 Å². The Kier molecular flexibility index (Phi) is 3.90. The fourth-order valence-electron chi connectivity index (χ4n) is 2.23. The van der Waals surface area contributed by atoms with Crippen LogP contribution in [0.5, 0.6) is 0 Å². The third-order valence-corrected chi connectivity index (χ3v) is 5.32. The average molecular weight is 279 g/mol. The van der Waals surface area contributed by atoms with Crippen LogP contribution in [0.4, 0.5) is 0 Å². The predicted octanol–water partition coefficient (Wildman–Crippen LogP) is 0.883. The summed E-state index contributed by atoms with van der Waals surface area (Å²) in [6.07, 6.45) is 0.837. The Balaban J connectivity index is 2.26. The van der Waals surface area contributed by atoms with Crippen LogP contribution in [-0.4, -0.2) is 50.8 Å². The van der Waals surface area contributed by atoms with Crippen molar-refractivity contribution < 1.29 is 8.42 Å². The van der Waals surface area contributed by atoms with Crippen LogP contribution in [0.1, 0.15) is 12.0 Å². The van der Waals surface area contributed by atoms with Gasteiger partial charge >= 0.3 is 0 Å². The first-order chi connectivity index (χ1) is 8.95. The van der Waals surface area contributed by atoms with Gasteiger partial charge in [-0.15, -0.1) is 0 Å². The van der Waals surface area contributed by atoms with Crippen LogP contribution in [-0.2, 0) is 10.0 Å². The van der Waals surface area contributed by atoms with Crippen LogP contribution >= 0.6 is 0 Å². The SMILES string of the molecule is CN(C)C1CCN(S(=O)(=O)c2cccc(C#N)c2)C1. The minimum absolute atomic E-state index is 0.200. The second kappa shape index (κ2) is 5.29. The lowest BCUT2D eigenvalue weighted by Crippen LogP contribution is -2.34. The first-order valence-electron chi connectivity index (χ1n) is 6.12. The van der Waals surface area contributed by atoms with Gasteiger partial charge in [0.15, 0.2) is 0 Å². The molecule has 5 nitrogen and oxygen atoms in total. The summed E-state index contributed by atoms with van der Waals surface area (Å²) in [5, 5.41) is 8.84. The Labute approximate surface area is 114 Å². The van der Waals surface area contributed by atoms with Crippen LogP contribution in [0.15, 0.2) is 29.2 Å². The molecule has 2 rings (SSSR count). The molecule has 1 heterocycles. The molecule has 0 aromatic heterocycles. The van der Waals surface area contributed by atoms with Gasteiger partial charge in [-0.05, 0) is 38.7 Å². The molecule has 1 aliphatic rings. The maximum Gasteiger partial charge on any atom is 0.243 e. The topological polar surface area (TPSA) is 64.4 Å². The van der Waals surface area contributed by atoms with Crippen LogP contribution in [0.2, 0.25) is 0 Å². The first kappa shape index (κ1) is 14.0. The lowest BCUT2D eigenvalue weighted by atomic mass is 10.2. The van der Waals surface area contributed by atoms with Crippen molar-refractivity contribution in [2.75, 3.05) is 27.2 Å². The molecule has 1 unspecified atom stereocenters. The zero-order chi connectivity index (χ0) is 14.0.